The maximum Gasteiger partial charge on any atom is 0.269 e. The van der Waals surface area contributed by atoms with E-state index in [2.05, 4.69) is 5.32 Å². The number of fused-ring (bicyclic) bond motifs is 1. The molecule has 142 valence electrons. The highest BCUT2D eigenvalue weighted by Gasteiger charge is 2.15. The quantitative estimate of drug-likeness (QED) is 0.435. The smallest absolute Gasteiger partial charge is 0.269 e. The van der Waals surface area contributed by atoms with E-state index in [-0.39, 0.29) is 18.4 Å². The number of anilines is 1. The van der Waals surface area contributed by atoms with Crippen LogP contribution < -0.4 is 14.8 Å². The molecule has 0 bridgehead atoms. The lowest BCUT2D eigenvalue weighted by atomic mass is 10.2. The molecule has 0 fully saturated rings. The Hall–Kier alpha value is -3.29. The minimum atomic E-state index is -0.432. The van der Waals surface area contributed by atoms with Crippen molar-refractivity contribution in [1.29, 1.82) is 0 Å². The number of rotatable bonds is 8. The van der Waals surface area contributed by atoms with Crippen LogP contribution in [0, 0.1) is 10.1 Å². The van der Waals surface area contributed by atoms with Crippen molar-refractivity contribution in [2.24, 2.45) is 0 Å². The van der Waals surface area contributed by atoms with Gasteiger partial charge >= 0.3 is 0 Å². The van der Waals surface area contributed by atoms with Gasteiger partial charge in [-0.3, -0.25) is 14.9 Å². The first kappa shape index (κ1) is 18.5. The number of hydrogen-bond acceptors (Lipinski definition) is 6. The van der Waals surface area contributed by atoms with Crippen LogP contribution in [0.5, 0.6) is 11.5 Å². The number of hydrogen-bond donors (Lipinski definition) is 1. The van der Waals surface area contributed by atoms with Crippen molar-refractivity contribution in [2.75, 3.05) is 25.7 Å². The van der Waals surface area contributed by atoms with E-state index in [1.807, 2.05) is 18.2 Å². The van der Waals surface area contributed by atoms with E-state index in [0.29, 0.717) is 31.7 Å². The first-order valence-electron chi connectivity index (χ1n) is 8.64. The molecule has 0 atom stereocenters. The molecule has 0 saturated carbocycles. The summed E-state index contributed by atoms with van der Waals surface area (Å²) in [5, 5.41) is 13.8. The maximum absolute atomic E-state index is 12.3. The third-order valence-electron chi connectivity index (χ3n) is 4.26. The fourth-order valence-corrected chi connectivity index (χ4v) is 2.77. The fraction of sp³-hybridized carbons (Fsp3) is 0.316. The van der Waals surface area contributed by atoms with Gasteiger partial charge < -0.3 is 19.7 Å². The molecule has 1 amide bonds. The van der Waals surface area contributed by atoms with Crippen molar-refractivity contribution in [3.63, 3.8) is 0 Å². The molecule has 2 aromatic carbocycles. The first-order valence-corrected chi connectivity index (χ1v) is 8.64. The van der Waals surface area contributed by atoms with E-state index in [4.69, 9.17) is 9.47 Å². The highest BCUT2D eigenvalue weighted by molar-refractivity contribution is 5.75. The summed E-state index contributed by atoms with van der Waals surface area (Å²) in [4.78, 5) is 24.2. The number of nitrogens with one attached hydrogen (secondary N) is 1. The van der Waals surface area contributed by atoms with Gasteiger partial charge in [0, 0.05) is 44.4 Å². The van der Waals surface area contributed by atoms with Crippen LogP contribution in [0.2, 0.25) is 0 Å². The van der Waals surface area contributed by atoms with Crippen LogP contribution >= 0.6 is 0 Å². The van der Waals surface area contributed by atoms with Crippen molar-refractivity contribution in [1.82, 2.24) is 4.90 Å². The fourth-order valence-electron chi connectivity index (χ4n) is 2.77. The van der Waals surface area contributed by atoms with E-state index < -0.39 is 4.92 Å². The second-order valence-corrected chi connectivity index (χ2v) is 6.27. The number of carbonyl (C=O) groups excluding carboxylic acids is 1. The third kappa shape index (κ3) is 4.87. The van der Waals surface area contributed by atoms with E-state index in [1.165, 1.54) is 12.1 Å². The van der Waals surface area contributed by atoms with E-state index in [9.17, 15) is 14.9 Å². The molecule has 0 radical (unpaired) electrons. The highest BCUT2D eigenvalue weighted by atomic mass is 16.7. The molecule has 1 aliphatic heterocycles. The summed E-state index contributed by atoms with van der Waals surface area (Å²) in [6, 6.07) is 11.9. The van der Waals surface area contributed by atoms with Crippen LogP contribution in [0.15, 0.2) is 42.5 Å². The lowest BCUT2D eigenvalue weighted by molar-refractivity contribution is -0.384. The summed E-state index contributed by atoms with van der Waals surface area (Å²) < 4.78 is 10.6. The number of carbonyl (C=O) groups is 1. The van der Waals surface area contributed by atoms with Crippen molar-refractivity contribution in [2.45, 2.75) is 19.4 Å². The largest absolute Gasteiger partial charge is 0.454 e. The summed E-state index contributed by atoms with van der Waals surface area (Å²) in [6.45, 7) is 1.35. The van der Waals surface area contributed by atoms with Crippen molar-refractivity contribution >= 4 is 17.3 Å². The summed E-state index contributed by atoms with van der Waals surface area (Å²) in [5.41, 5.74) is 1.83. The zero-order valence-corrected chi connectivity index (χ0v) is 15.0. The molecular formula is C19H21N3O5. The van der Waals surface area contributed by atoms with Crippen molar-refractivity contribution in [3.05, 3.63) is 58.1 Å². The topological polar surface area (TPSA) is 93.9 Å². The van der Waals surface area contributed by atoms with Crippen LogP contribution in [-0.4, -0.2) is 36.1 Å². The van der Waals surface area contributed by atoms with Gasteiger partial charge in [0.25, 0.3) is 5.69 Å². The number of nitrogens with zero attached hydrogens (tertiary/aromatic N) is 2. The van der Waals surface area contributed by atoms with Gasteiger partial charge in [-0.15, -0.1) is 0 Å². The van der Waals surface area contributed by atoms with Crippen molar-refractivity contribution in [3.8, 4) is 11.5 Å². The maximum atomic E-state index is 12.3. The zero-order chi connectivity index (χ0) is 19.2. The van der Waals surface area contributed by atoms with E-state index >= 15 is 0 Å². The number of nitro groups is 1. The molecule has 0 unspecified atom stereocenters. The van der Waals surface area contributed by atoms with Crippen LogP contribution in [0.4, 0.5) is 11.4 Å². The van der Waals surface area contributed by atoms with Gasteiger partial charge in [-0.25, -0.2) is 0 Å². The standard InChI is InChI=1S/C19H21N3O5/c1-21(12-14-4-9-17-18(11-14)27-13-26-17)19(23)3-2-10-20-15-5-7-16(8-6-15)22(24)25/h4-9,11,20H,2-3,10,12-13H2,1H3. The lowest BCUT2D eigenvalue weighted by Gasteiger charge is -2.17. The molecule has 27 heavy (non-hydrogen) atoms. The molecule has 8 heteroatoms. The molecule has 1 N–H and O–H groups in total. The van der Waals surface area contributed by atoms with E-state index in [0.717, 1.165) is 17.0 Å². The molecule has 3 rings (SSSR count). The van der Waals surface area contributed by atoms with Gasteiger partial charge in [-0.2, -0.15) is 0 Å². The van der Waals surface area contributed by atoms with Crippen molar-refractivity contribution < 1.29 is 19.2 Å². The molecule has 0 spiro atoms. The number of amides is 1. The Labute approximate surface area is 156 Å². The Bertz CT molecular complexity index is 823. The Morgan fingerprint density at radius 2 is 1.93 bits per heavy atom. The van der Waals surface area contributed by atoms with Gasteiger partial charge in [0.1, 0.15) is 0 Å². The summed E-state index contributed by atoms with van der Waals surface area (Å²) >= 11 is 0. The number of benzene rings is 2. The average Bonchev–Trinajstić information content (AvgIpc) is 3.13. The normalized spacial score (nSPS) is 11.9. The Morgan fingerprint density at radius 1 is 1.19 bits per heavy atom. The summed E-state index contributed by atoms with van der Waals surface area (Å²) in [5.74, 6) is 1.49. The van der Waals surface area contributed by atoms with Gasteiger partial charge in [-0.05, 0) is 36.2 Å². The Kier molecular flexibility index (Phi) is 5.75. The highest BCUT2D eigenvalue weighted by Crippen LogP contribution is 2.32. The molecule has 0 saturated heterocycles. The lowest BCUT2D eigenvalue weighted by Crippen LogP contribution is -2.26. The zero-order valence-electron chi connectivity index (χ0n) is 15.0. The van der Waals surface area contributed by atoms with Gasteiger partial charge in [0.2, 0.25) is 12.7 Å². The first-order chi connectivity index (χ1) is 13.0. The number of nitro benzene ring substituents is 1. The van der Waals surface area contributed by atoms with Gasteiger partial charge in [0.05, 0.1) is 4.92 Å². The predicted molar refractivity (Wildman–Crippen MR) is 99.9 cm³/mol. The third-order valence-corrected chi connectivity index (χ3v) is 4.26. The van der Waals surface area contributed by atoms with Crippen LogP contribution in [0.1, 0.15) is 18.4 Å². The molecule has 0 aliphatic carbocycles. The van der Waals surface area contributed by atoms with E-state index in [1.54, 1.807) is 24.1 Å². The molecule has 1 aliphatic rings. The number of ether oxygens (including phenoxy) is 2. The van der Waals surface area contributed by atoms with Gasteiger partial charge in [0.15, 0.2) is 11.5 Å². The van der Waals surface area contributed by atoms with Crippen LogP contribution in [-0.2, 0) is 11.3 Å². The molecular weight excluding hydrogens is 350 g/mol. The molecule has 0 aromatic heterocycles. The second-order valence-electron chi connectivity index (χ2n) is 6.27. The van der Waals surface area contributed by atoms with Gasteiger partial charge in [-0.1, -0.05) is 6.07 Å². The number of non-ortho nitro benzene ring substituents is 1. The minimum absolute atomic E-state index is 0.0539. The molecule has 8 nitrogen and oxygen atoms in total. The summed E-state index contributed by atoms with van der Waals surface area (Å²) in [6.07, 6.45) is 1.09. The average molecular weight is 371 g/mol. The minimum Gasteiger partial charge on any atom is -0.454 e. The van der Waals surface area contributed by atoms with Crippen LogP contribution in [0.25, 0.3) is 0 Å². The molecule has 1 heterocycles. The predicted octanol–water partition coefficient (Wildman–Crippen LogP) is 3.17. The Morgan fingerprint density at radius 3 is 2.67 bits per heavy atom. The SMILES string of the molecule is CN(Cc1ccc2c(c1)OCO2)C(=O)CCCNc1ccc([N+](=O)[O-])cc1. The monoisotopic (exact) mass is 371 g/mol. The Balaban J connectivity index is 1.40. The molecule has 2 aromatic rings. The summed E-state index contributed by atoms with van der Waals surface area (Å²) in [7, 11) is 1.77. The second kappa shape index (κ2) is 8.39. The van der Waals surface area contributed by atoms with Crippen LogP contribution in [0.3, 0.4) is 0 Å².